The van der Waals surface area contributed by atoms with Crippen molar-refractivity contribution in [2.45, 2.75) is 51.0 Å². The number of hydrogen-bond donors (Lipinski definition) is 3. The molecule has 4 heteroatoms. The summed E-state index contributed by atoms with van der Waals surface area (Å²) in [6.07, 6.45) is 5.74. The molecule has 3 aliphatic carbocycles. The second-order valence-corrected chi connectivity index (χ2v) is 8.40. The van der Waals surface area contributed by atoms with Crippen LogP contribution < -0.4 is 0 Å². The lowest BCUT2D eigenvalue weighted by atomic mass is 9.63. The molecule has 0 spiro atoms. The monoisotopic (exact) mass is 330 g/mol. The molecule has 4 nitrogen and oxygen atoms in total. The van der Waals surface area contributed by atoms with Crippen LogP contribution in [0, 0.1) is 29.1 Å². The van der Waals surface area contributed by atoms with Crippen molar-refractivity contribution >= 4 is 5.97 Å². The van der Waals surface area contributed by atoms with E-state index in [0.29, 0.717) is 23.7 Å². The lowest BCUT2D eigenvalue weighted by Gasteiger charge is -2.40. The van der Waals surface area contributed by atoms with Crippen LogP contribution in [0.25, 0.3) is 0 Å². The fraction of sp³-hybridized carbons (Fsp3) is 0.650. The lowest BCUT2D eigenvalue weighted by Crippen LogP contribution is -2.37. The van der Waals surface area contributed by atoms with Crippen molar-refractivity contribution in [2.24, 2.45) is 29.1 Å². The van der Waals surface area contributed by atoms with E-state index in [4.69, 9.17) is 0 Å². The standard InChI is InChI=1S/C20H26O4/c21-16-3-1-12(2-4-16)10-20(11-18(22)23)6-5-13-7-14-8-15(19(13)24)9-17(14)20/h1-4,13-15,17,19,21,24H,5-11H2,(H,22,23). The summed E-state index contributed by atoms with van der Waals surface area (Å²) < 4.78 is 0. The Balaban J connectivity index is 1.68. The number of fused-ring (bicyclic) bond motifs is 2. The van der Waals surface area contributed by atoms with Crippen molar-refractivity contribution < 1.29 is 20.1 Å². The van der Waals surface area contributed by atoms with Crippen LogP contribution in [0.1, 0.15) is 44.1 Å². The largest absolute Gasteiger partial charge is 0.508 e. The zero-order valence-corrected chi connectivity index (χ0v) is 13.9. The van der Waals surface area contributed by atoms with Crippen molar-refractivity contribution in [3.63, 3.8) is 0 Å². The zero-order chi connectivity index (χ0) is 16.9. The summed E-state index contributed by atoms with van der Waals surface area (Å²) in [5.41, 5.74) is 0.896. The first-order valence-electron chi connectivity index (χ1n) is 9.15. The van der Waals surface area contributed by atoms with E-state index in [1.807, 2.05) is 12.1 Å². The van der Waals surface area contributed by atoms with E-state index in [2.05, 4.69) is 0 Å². The number of aliphatic hydroxyl groups is 1. The topological polar surface area (TPSA) is 77.8 Å². The molecule has 6 atom stereocenters. The molecule has 0 saturated heterocycles. The Morgan fingerprint density at radius 2 is 1.79 bits per heavy atom. The Morgan fingerprint density at radius 1 is 1.08 bits per heavy atom. The Bertz CT molecular complexity index is 625. The summed E-state index contributed by atoms with van der Waals surface area (Å²) in [6.45, 7) is 0. The molecule has 130 valence electrons. The second kappa shape index (κ2) is 5.76. The normalized spacial score (nSPS) is 40.5. The summed E-state index contributed by atoms with van der Waals surface area (Å²) in [5, 5.41) is 29.7. The lowest BCUT2D eigenvalue weighted by molar-refractivity contribution is -0.141. The summed E-state index contributed by atoms with van der Waals surface area (Å²) in [6, 6.07) is 7.22. The number of carboxylic acids is 1. The highest BCUT2D eigenvalue weighted by Crippen LogP contribution is 2.61. The van der Waals surface area contributed by atoms with Crippen LogP contribution in [0.3, 0.4) is 0 Å². The molecule has 1 aromatic rings. The number of rotatable bonds is 4. The van der Waals surface area contributed by atoms with E-state index in [9.17, 15) is 20.1 Å². The van der Waals surface area contributed by atoms with Crippen molar-refractivity contribution in [3.8, 4) is 5.75 Å². The van der Waals surface area contributed by atoms with Gasteiger partial charge < -0.3 is 15.3 Å². The molecule has 24 heavy (non-hydrogen) atoms. The Labute approximate surface area is 142 Å². The third-order valence-electron chi connectivity index (χ3n) is 7.10. The molecule has 3 fully saturated rings. The number of phenolic OH excluding ortho intramolecular Hbond substituents is 1. The molecule has 0 amide bonds. The molecular formula is C20H26O4. The molecular weight excluding hydrogens is 304 g/mol. The minimum absolute atomic E-state index is 0.178. The Kier molecular flexibility index (Phi) is 3.83. The van der Waals surface area contributed by atoms with E-state index in [-0.39, 0.29) is 23.7 Å². The molecule has 0 aromatic heterocycles. The summed E-state index contributed by atoms with van der Waals surface area (Å²) in [5.74, 6) is 1.23. The number of carbonyl (C=O) groups is 1. The first-order valence-corrected chi connectivity index (χ1v) is 9.15. The first kappa shape index (κ1) is 15.9. The number of phenols is 1. The van der Waals surface area contributed by atoms with Gasteiger partial charge in [-0.15, -0.1) is 0 Å². The highest BCUT2D eigenvalue weighted by molar-refractivity contribution is 5.68. The number of aliphatic hydroxyl groups excluding tert-OH is 1. The van der Waals surface area contributed by atoms with Gasteiger partial charge in [0.25, 0.3) is 0 Å². The van der Waals surface area contributed by atoms with Gasteiger partial charge >= 0.3 is 5.97 Å². The number of hydrogen-bond acceptors (Lipinski definition) is 3. The van der Waals surface area contributed by atoms with Crippen LogP contribution in [0.2, 0.25) is 0 Å². The van der Waals surface area contributed by atoms with Crippen LogP contribution in [0.5, 0.6) is 5.75 Å². The Morgan fingerprint density at radius 3 is 2.50 bits per heavy atom. The van der Waals surface area contributed by atoms with Crippen LogP contribution in [-0.4, -0.2) is 27.4 Å². The average molecular weight is 330 g/mol. The molecule has 0 heterocycles. The molecule has 3 aliphatic rings. The summed E-state index contributed by atoms with van der Waals surface area (Å²) >= 11 is 0. The van der Waals surface area contributed by atoms with E-state index < -0.39 is 5.97 Å². The van der Waals surface area contributed by atoms with Crippen LogP contribution >= 0.6 is 0 Å². The van der Waals surface area contributed by atoms with Gasteiger partial charge in [-0.25, -0.2) is 0 Å². The molecule has 0 radical (unpaired) electrons. The average Bonchev–Trinajstić information content (AvgIpc) is 2.86. The van der Waals surface area contributed by atoms with E-state index in [0.717, 1.165) is 44.1 Å². The predicted molar refractivity (Wildman–Crippen MR) is 89.5 cm³/mol. The first-order chi connectivity index (χ1) is 11.5. The van der Waals surface area contributed by atoms with Gasteiger partial charge in [0.1, 0.15) is 5.75 Å². The third kappa shape index (κ3) is 2.61. The summed E-state index contributed by atoms with van der Waals surface area (Å²) in [7, 11) is 0. The summed E-state index contributed by atoms with van der Waals surface area (Å²) in [4.78, 5) is 11.7. The minimum atomic E-state index is -0.712. The van der Waals surface area contributed by atoms with E-state index in [1.165, 1.54) is 0 Å². The molecule has 3 bridgehead atoms. The third-order valence-corrected chi connectivity index (χ3v) is 7.10. The maximum atomic E-state index is 11.7. The van der Waals surface area contributed by atoms with Crippen molar-refractivity contribution in [2.75, 3.05) is 0 Å². The van der Waals surface area contributed by atoms with Crippen LogP contribution in [-0.2, 0) is 11.2 Å². The van der Waals surface area contributed by atoms with Gasteiger partial charge in [-0.1, -0.05) is 12.1 Å². The minimum Gasteiger partial charge on any atom is -0.508 e. The number of aromatic hydroxyl groups is 1. The highest BCUT2D eigenvalue weighted by Gasteiger charge is 2.56. The maximum Gasteiger partial charge on any atom is 0.303 e. The fourth-order valence-corrected chi connectivity index (χ4v) is 6.14. The molecule has 1 aromatic carbocycles. The van der Waals surface area contributed by atoms with Gasteiger partial charge in [0, 0.05) is 0 Å². The van der Waals surface area contributed by atoms with Gasteiger partial charge in [0.05, 0.1) is 12.5 Å². The second-order valence-electron chi connectivity index (χ2n) is 8.40. The Hall–Kier alpha value is -1.55. The van der Waals surface area contributed by atoms with E-state index in [1.54, 1.807) is 12.1 Å². The SMILES string of the molecule is O=C(O)CC1(Cc2ccc(O)cc2)CCC2CC3CC(CC31)C2O. The predicted octanol–water partition coefficient (Wildman–Crippen LogP) is 3.21. The van der Waals surface area contributed by atoms with Gasteiger partial charge in [-0.3, -0.25) is 4.79 Å². The van der Waals surface area contributed by atoms with Crippen molar-refractivity contribution in [3.05, 3.63) is 29.8 Å². The molecule has 3 saturated carbocycles. The van der Waals surface area contributed by atoms with E-state index >= 15 is 0 Å². The zero-order valence-electron chi connectivity index (χ0n) is 13.9. The molecule has 4 rings (SSSR count). The number of benzene rings is 1. The van der Waals surface area contributed by atoms with Gasteiger partial charge in [0.2, 0.25) is 0 Å². The number of carboxylic acid groups (broad SMARTS) is 1. The smallest absolute Gasteiger partial charge is 0.303 e. The number of aliphatic carboxylic acids is 1. The van der Waals surface area contributed by atoms with Crippen LogP contribution in [0.15, 0.2) is 24.3 Å². The van der Waals surface area contributed by atoms with Gasteiger partial charge in [0.15, 0.2) is 0 Å². The molecule has 3 N–H and O–H groups in total. The van der Waals surface area contributed by atoms with Gasteiger partial charge in [-0.2, -0.15) is 0 Å². The molecule has 0 aliphatic heterocycles. The quantitative estimate of drug-likeness (QED) is 0.792. The van der Waals surface area contributed by atoms with Crippen LogP contribution in [0.4, 0.5) is 0 Å². The van der Waals surface area contributed by atoms with Crippen molar-refractivity contribution in [1.82, 2.24) is 0 Å². The fourth-order valence-electron chi connectivity index (χ4n) is 6.14. The van der Waals surface area contributed by atoms with Gasteiger partial charge in [-0.05, 0) is 85.3 Å². The molecule has 6 unspecified atom stereocenters. The highest BCUT2D eigenvalue weighted by atomic mass is 16.4. The van der Waals surface area contributed by atoms with Crippen molar-refractivity contribution in [1.29, 1.82) is 0 Å². The maximum absolute atomic E-state index is 11.7.